The van der Waals surface area contributed by atoms with Gasteiger partial charge in [0.15, 0.2) is 0 Å². The number of carbonyl (C=O) groups is 3. The Hall–Kier alpha value is -3.49. The van der Waals surface area contributed by atoms with Crippen molar-refractivity contribution < 1.29 is 19.5 Å². The summed E-state index contributed by atoms with van der Waals surface area (Å²) in [6.45, 7) is 2.06. The summed E-state index contributed by atoms with van der Waals surface area (Å²) in [5, 5.41) is 13.5. The van der Waals surface area contributed by atoms with E-state index in [2.05, 4.69) is 4.90 Å². The van der Waals surface area contributed by atoms with E-state index in [-0.39, 0.29) is 43.3 Å². The van der Waals surface area contributed by atoms with E-state index < -0.39 is 0 Å². The van der Waals surface area contributed by atoms with Crippen LogP contribution >= 0.6 is 11.3 Å². The highest BCUT2D eigenvalue weighted by Gasteiger charge is 2.39. The Morgan fingerprint density at radius 1 is 1.03 bits per heavy atom. The van der Waals surface area contributed by atoms with Crippen LogP contribution in [0.4, 0.5) is 5.69 Å². The molecule has 0 aliphatic carbocycles. The molecule has 3 amide bonds. The van der Waals surface area contributed by atoms with Crippen LogP contribution in [-0.2, 0) is 17.9 Å². The number of hydrogen-bond acceptors (Lipinski definition) is 6. The largest absolute Gasteiger partial charge is 0.395 e. The molecule has 186 valence electrons. The van der Waals surface area contributed by atoms with Crippen LogP contribution in [0.1, 0.15) is 44.7 Å². The van der Waals surface area contributed by atoms with Crippen molar-refractivity contribution in [2.45, 2.75) is 25.9 Å². The number of hydrogen-bond donors (Lipinski definition) is 1. The van der Waals surface area contributed by atoms with Crippen LogP contribution in [0.3, 0.4) is 0 Å². The Labute approximate surface area is 214 Å². The van der Waals surface area contributed by atoms with Crippen LogP contribution in [0.25, 0.3) is 0 Å². The van der Waals surface area contributed by atoms with E-state index in [1.54, 1.807) is 11.0 Å². The number of aliphatic hydroxyl groups excluding tert-OH is 1. The van der Waals surface area contributed by atoms with Crippen LogP contribution in [0, 0.1) is 5.92 Å². The molecular weight excluding hydrogens is 474 g/mol. The summed E-state index contributed by atoms with van der Waals surface area (Å²) in [5.41, 5.74) is 3.52. The number of anilines is 1. The van der Waals surface area contributed by atoms with Crippen LogP contribution in [0.2, 0.25) is 0 Å². The molecule has 3 heterocycles. The predicted octanol–water partition coefficient (Wildman–Crippen LogP) is 3.78. The first-order valence-electron chi connectivity index (χ1n) is 12.3. The third kappa shape index (κ3) is 4.79. The molecule has 1 N–H and O–H groups in total. The maximum atomic E-state index is 13.5. The second-order valence-electron chi connectivity index (χ2n) is 9.28. The van der Waals surface area contributed by atoms with Crippen LogP contribution in [0.15, 0.2) is 65.4 Å². The number of fused-ring (bicyclic) bond motifs is 1. The molecule has 1 saturated heterocycles. The Morgan fingerprint density at radius 2 is 1.86 bits per heavy atom. The molecule has 2 aromatic carbocycles. The maximum Gasteiger partial charge on any atom is 0.263 e. The van der Waals surface area contributed by atoms with Gasteiger partial charge in [0.05, 0.1) is 35.9 Å². The molecule has 8 heteroatoms. The van der Waals surface area contributed by atoms with Gasteiger partial charge in [-0.05, 0) is 52.9 Å². The van der Waals surface area contributed by atoms with Gasteiger partial charge in [-0.1, -0.05) is 36.4 Å². The van der Waals surface area contributed by atoms with E-state index in [0.29, 0.717) is 36.4 Å². The molecule has 1 fully saturated rings. The van der Waals surface area contributed by atoms with Gasteiger partial charge < -0.3 is 14.9 Å². The number of imide groups is 1. The summed E-state index contributed by atoms with van der Waals surface area (Å²) in [6.07, 6.45) is 1.55. The van der Waals surface area contributed by atoms with Crippen molar-refractivity contribution in [3.8, 4) is 0 Å². The summed E-state index contributed by atoms with van der Waals surface area (Å²) in [4.78, 5) is 45.1. The van der Waals surface area contributed by atoms with Crippen molar-refractivity contribution in [3.05, 3.63) is 87.6 Å². The third-order valence-electron chi connectivity index (χ3n) is 6.91. The first kappa shape index (κ1) is 24.2. The fourth-order valence-corrected chi connectivity index (χ4v) is 5.80. The van der Waals surface area contributed by atoms with Crippen LogP contribution in [-0.4, -0.2) is 58.9 Å². The van der Waals surface area contributed by atoms with Crippen molar-refractivity contribution in [1.82, 2.24) is 9.80 Å². The number of amides is 3. The number of benzene rings is 2. The van der Waals surface area contributed by atoms with E-state index in [1.807, 2.05) is 59.3 Å². The molecule has 1 atom stereocenters. The highest BCUT2D eigenvalue weighted by molar-refractivity contribution is 7.07. The highest BCUT2D eigenvalue weighted by Crippen LogP contribution is 2.35. The minimum atomic E-state index is -0.281. The first-order chi connectivity index (χ1) is 17.6. The third-order valence-corrected chi connectivity index (χ3v) is 7.64. The van der Waals surface area contributed by atoms with Gasteiger partial charge in [0.25, 0.3) is 11.8 Å². The Morgan fingerprint density at radius 3 is 2.61 bits per heavy atom. The van der Waals surface area contributed by atoms with E-state index >= 15 is 0 Å². The lowest BCUT2D eigenvalue weighted by atomic mass is 9.94. The first-order valence-corrected chi connectivity index (χ1v) is 13.2. The Kier molecular flexibility index (Phi) is 7.16. The number of carbonyl (C=O) groups excluding carboxylic acids is 3. The second-order valence-corrected chi connectivity index (χ2v) is 10.1. The highest BCUT2D eigenvalue weighted by atomic mass is 32.1. The summed E-state index contributed by atoms with van der Waals surface area (Å²) < 4.78 is 0. The van der Waals surface area contributed by atoms with Gasteiger partial charge in [-0.3, -0.25) is 19.3 Å². The molecule has 0 spiro atoms. The second kappa shape index (κ2) is 10.6. The summed E-state index contributed by atoms with van der Waals surface area (Å²) in [6, 6.07) is 17.1. The van der Waals surface area contributed by atoms with Crippen LogP contribution < -0.4 is 4.90 Å². The average molecular weight is 504 g/mol. The number of nitrogens with zero attached hydrogens (tertiary/aromatic N) is 3. The SMILES string of the molecule is O=C([C@@H]1CCCN(c2cccc3c2C(=O)N(Cc2ccsc2)C3=O)C1)N(CCO)Cc1ccccc1. The molecule has 2 aliphatic rings. The quantitative estimate of drug-likeness (QED) is 0.473. The van der Waals surface area contributed by atoms with E-state index in [9.17, 15) is 19.5 Å². The summed E-state index contributed by atoms with van der Waals surface area (Å²) in [5.74, 6) is -0.799. The topological polar surface area (TPSA) is 81.2 Å². The summed E-state index contributed by atoms with van der Waals surface area (Å²) >= 11 is 1.54. The number of thiophene rings is 1. The Balaban J connectivity index is 1.35. The van der Waals surface area contributed by atoms with Gasteiger partial charge in [-0.15, -0.1) is 0 Å². The monoisotopic (exact) mass is 503 g/mol. The van der Waals surface area contributed by atoms with Crippen molar-refractivity contribution >= 4 is 34.7 Å². The van der Waals surface area contributed by atoms with E-state index in [4.69, 9.17) is 0 Å². The fraction of sp³-hybridized carbons (Fsp3) is 0.321. The summed E-state index contributed by atoms with van der Waals surface area (Å²) in [7, 11) is 0. The van der Waals surface area contributed by atoms with Crippen molar-refractivity contribution in [2.75, 3.05) is 31.1 Å². The van der Waals surface area contributed by atoms with Crippen molar-refractivity contribution in [3.63, 3.8) is 0 Å². The lowest BCUT2D eigenvalue weighted by molar-refractivity contribution is -0.137. The lowest BCUT2D eigenvalue weighted by Crippen LogP contribution is -2.45. The Bertz CT molecular complexity index is 1240. The normalized spacial score (nSPS) is 17.4. The number of aliphatic hydroxyl groups is 1. The van der Waals surface area contributed by atoms with E-state index in [1.165, 1.54) is 16.2 Å². The van der Waals surface area contributed by atoms with Gasteiger partial charge in [-0.2, -0.15) is 11.3 Å². The van der Waals surface area contributed by atoms with Gasteiger partial charge in [0.2, 0.25) is 5.91 Å². The van der Waals surface area contributed by atoms with Gasteiger partial charge in [0, 0.05) is 26.2 Å². The molecule has 0 bridgehead atoms. The molecule has 0 radical (unpaired) electrons. The maximum absolute atomic E-state index is 13.5. The minimum absolute atomic E-state index is 0.00617. The molecule has 2 aliphatic heterocycles. The molecular formula is C28H29N3O4S. The standard InChI is InChI=1S/C28H29N3O4S/c32-14-13-30(16-20-6-2-1-3-7-20)26(33)22-8-5-12-29(18-22)24-10-4-9-23-25(24)28(35)31(27(23)34)17-21-11-15-36-19-21/h1-4,6-7,9-11,15,19,22,32H,5,8,12-14,16-18H2/t22-/m1/s1. The molecule has 0 unspecified atom stereocenters. The molecule has 36 heavy (non-hydrogen) atoms. The fourth-order valence-electron chi connectivity index (χ4n) is 5.14. The zero-order valence-electron chi connectivity index (χ0n) is 20.0. The van der Waals surface area contributed by atoms with Crippen molar-refractivity contribution in [2.24, 2.45) is 5.92 Å². The zero-order valence-corrected chi connectivity index (χ0v) is 20.8. The number of rotatable bonds is 8. The van der Waals surface area contributed by atoms with E-state index in [0.717, 1.165) is 24.0 Å². The van der Waals surface area contributed by atoms with Crippen molar-refractivity contribution in [1.29, 1.82) is 0 Å². The van der Waals surface area contributed by atoms with Gasteiger partial charge in [-0.25, -0.2) is 0 Å². The molecule has 0 saturated carbocycles. The number of piperidine rings is 1. The smallest absolute Gasteiger partial charge is 0.263 e. The average Bonchev–Trinajstić information content (AvgIpc) is 3.51. The molecule has 1 aromatic heterocycles. The molecule has 5 rings (SSSR count). The molecule has 7 nitrogen and oxygen atoms in total. The van der Waals surface area contributed by atoms with Gasteiger partial charge >= 0.3 is 0 Å². The predicted molar refractivity (Wildman–Crippen MR) is 139 cm³/mol. The zero-order chi connectivity index (χ0) is 25.1. The minimum Gasteiger partial charge on any atom is -0.395 e. The lowest BCUT2D eigenvalue weighted by Gasteiger charge is -2.36. The van der Waals surface area contributed by atoms with Crippen LogP contribution in [0.5, 0.6) is 0 Å². The molecule has 3 aromatic rings. The van der Waals surface area contributed by atoms with Gasteiger partial charge in [0.1, 0.15) is 0 Å².